The van der Waals surface area contributed by atoms with E-state index in [1.165, 1.54) is 185 Å². The van der Waals surface area contributed by atoms with E-state index in [0.29, 0.717) is 0 Å². The van der Waals surface area contributed by atoms with E-state index in [9.17, 15) is 0 Å². The number of fused-ring (bicyclic) bond motifs is 6. The molecule has 1 unspecified atom stereocenters. The molecule has 444 valence electrons. The smallest absolute Gasteiger partial charge is 0.0850 e. The van der Waals surface area contributed by atoms with Gasteiger partial charge in [0.25, 0.3) is 0 Å². The lowest BCUT2D eigenvalue weighted by atomic mass is 9.70. The molecule has 0 saturated carbocycles. The molecule has 0 aromatic heterocycles. The number of para-hydroxylation sites is 3. The maximum atomic E-state index is 6.23. The van der Waals surface area contributed by atoms with E-state index in [-0.39, 0.29) is 10.8 Å². The molecule has 0 aliphatic heterocycles. The number of nitrogen functional groups attached to an aromatic ring is 1. The average molecular weight is 1250 g/mol. The summed E-state index contributed by atoms with van der Waals surface area (Å²) in [5, 5.41) is 0. The molecule has 83 heavy (non-hydrogen) atoms. The maximum absolute atomic E-state index is 6.23. The molecule has 4 N–H and O–H groups in total. The second-order valence-corrected chi connectivity index (χ2v) is 25.6. The Bertz CT molecular complexity index is 2830. The van der Waals surface area contributed by atoms with Crippen LogP contribution in [0.2, 0.25) is 0 Å². The third-order valence-corrected chi connectivity index (χ3v) is 17.0. The number of nitrogens with zero attached hydrogens (tertiary/aromatic N) is 4. The molecular formula is C75H101Br2N6+. The van der Waals surface area contributed by atoms with Crippen molar-refractivity contribution in [3.63, 3.8) is 0 Å². The molecule has 8 heteroatoms. The first-order chi connectivity index (χ1) is 40.7. The van der Waals surface area contributed by atoms with Crippen LogP contribution in [-0.2, 0) is 10.8 Å². The maximum Gasteiger partial charge on any atom is 0.0850 e. The van der Waals surface area contributed by atoms with Crippen LogP contribution in [0.15, 0.2) is 176 Å². The minimum Gasteiger partial charge on any atom is -0.399 e. The second-order valence-electron chi connectivity index (χ2n) is 23.0. The molecule has 0 saturated heterocycles. The Morgan fingerprint density at radius 1 is 0.373 bits per heavy atom. The van der Waals surface area contributed by atoms with Crippen LogP contribution in [0.5, 0.6) is 0 Å². The number of rotatable bonds is 30. The zero-order chi connectivity index (χ0) is 59.3. The lowest BCUT2D eigenvalue weighted by Crippen LogP contribution is -2.43. The van der Waals surface area contributed by atoms with Crippen LogP contribution < -0.4 is 21.3 Å². The van der Waals surface area contributed by atoms with E-state index >= 15 is 0 Å². The highest BCUT2D eigenvalue weighted by Gasteiger charge is 2.44. The Labute approximate surface area is 520 Å². The third-order valence-electron chi connectivity index (χ3n) is 17.0. The second kappa shape index (κ2) is 35.8. The summed E-state index contributed by atoms with van der Waals surface area (Å²) in [6, 6.07) is 64.7. The number of hydrogen-bond donors (Lipinski definition) is 2. The molecular weight excluding hydrogens is 1140 g/mol. The van der Waals surface area contributed by atoms with Gasteiger partial charge < -0.3 is 21.3 Å². The molecule has 0 spiro atoms. The molecule has 9 rings (SSSR count). The van der Waals surface area contributed by atoms with Crippen molar-refractivity contribution in [2.75, 3.05) is 60.9 Å². The number of alkyl halides is 2. The van der Waals surface area contributed by atoms with Gasteiger partial charge in [-0.05, 0) is 165 Å². The molecule has 2 aliphatic rings. The van der Waals surface area contributed by atoms with Crippen LogP contribution in [0.25, 0.3) is 22.3 Å². The van der Waals surface area contributed by atoms with Crippen LogP contribution in [0, 0.1) is 6.92 Å². The molecule has 2 aliphatic carbocycles. The van der Waals surface area contributed by atoms with E-state index in [2.05, 4.69) is 275 Å². The molecule has 0 heterocycles. The Morgan fingerprint density at radius 3 is 1.11 bits per heavy atom. The molecule has 0 bridgehead atoms. The first-order valence-corrected chi connectivity index (χ1v) is 33.7. The summed E-state index contributed by atoms with van der Waals surface area (Å²) in [5.74, 6) is 0. The standard InChI is InChI=1S/C48H60N4.C25H34N.CH2Br2.CH5N/c1-5-7-9-22-34-48(35-23-10-8-6-2)46-31-21-20-30-44(46)45-33-32-43(36-47(45)48)52(42-28-18-13-19-29-42)39-50(4)37-49(3)38-51(40-24-14-11-15-25-40)41-26-16-12-17-27-41;1-3-5-7-11-17-25(18-12-8-6-4-2)23-14-10-9-13-21(23)22-16-15-20(26)19-24(22)25;2-1-3;1-2/h11-21,24-33,36H,5-10,22-23,34-35,37-39H2,1-4H3;9-10,13-16,19H,1,3-8,11-12,17-18,26H2,2H3;1H2;2H2,1H3/q;+1;;. The van der Waals surface area contributed by atoms with Crippen LogP contribution in [0.3, 0.4) is 0 Å². The largest absolute Gasteiger partial charge is 0.399 e. The Kier molecular flexibility index (Phi) is 28.8. The molecule has 7 aromatic rings. The monoisotopic (exact) mass is 1240 g/mol. The topological polar surface area (TPSA) is 65.0 Å². The summed E-state index contributed by atoms with van der Waals surface area (Å²) in [6.45, 7) is 13.3. The van der Waals surface area contributed by atoms with Gasteiger partial charge in [-0.2, -0.15) is 0 Å². The summed E-state index contributed by atoms with van der Waals surface area (Å²) >= 11 is 6.12. The van der Waals surface area contributed by atoms with Gasteiger partial charge in [-0.15, -0.1) is 0 Å². The summed E-state index contributed by atoms with van der Waals surface area (Å²) in [7, 11) is 5.97. The van der Waals surface area contributed by atoms with Gasteiger partial charge in [0.2, 0.25) is 0 Å². The summed E-state index contributed by atoms with van der Waals surface area (Å²) in [4.78, 5) is 9.75. The average Bonchev–Trinajstić information content (AvgIpc) is 2.63. The normalized spacial score (nSPS) is 14.0. The van der Waals surface area contributed by atoms with Crippen molar-refractivity contribution in [3.8, 4) is 22.3 Å². The highest BCUT2D eigenvalue weighted by atomic mass is 79.9. The lowest BCUT2D eigenvalue weighted by Gasteiger charge is -2.36. The number of unbranched alkanes of at least 4 members (excludes halogenated alkanes) is 12. The van der Waals surface area contributed by atoms with Gasteiger partial charge in [0.05, 0.1) is 37.6 Å². The van der Waals surface area contributed by atoms with Crippen molar-refractivity contribution in [3.05, 3.63) is 205 Å². The molecule has 0 fully saturated rings. The van der Waals surface area contributed by atoms with Crippen molar-refractivity contribution < 1.29 is 0 Å². The number of hydrogen-bond acceptors (Lipinski definition) is 6. The first-order valence-electron chi connectivity index (χ1n) is 31.5. The van der Waals surface area contributed by atoms with E-state index in [1.54, 1.807) is 11.1 Å². The minimum atomic E-state index is 0.0657. The lowest BCUT2D eigenvalue weighted by molar-refractivity contribution is 0.189. The molecule has 1 atom stereocenters. The number of halogens is 2. The number of anilines is 5. The number of benzene rings is 7. The van der Waals surface area contributed by atoms with Gasteiger partial charge in [0, 0.05) is 39.3 Å². The minimum absolute atomic E-state index is 0.0657. The van der Waals surface area contributed by atoms with Gasteiger partial charge in [-0.1, -0.05) is 251 Å². The Balaban J connectivity index is 0.000000298. The van der Waals surface area contributed by atoms with E-state index in [4.69, 9.17) is 5.73 Å². The quantitative estimate of drug-likeness (QED) is 0.0154. The predicted octanol–water partition coefficient (Wildman–Crippen LogP) is 21.2. The summed E-state index contributed by atoms with van der Waals surface area (Å²) < 4.78 is 0.875. The molecule has 7 aromatic carbocycles. The van der Waals surface area contributed by atoms with Crippen molar-refractivity contribution in [2.45, 2.75) is 160 Å². The van der Waals surface area contributed by atoms with Crippen LogP contribution in [0.1, 0.15) is 171 Å². The molecule has 0 radical (unpaired) electrons. The van der Waals surface area contributed by atoms with E-state index < -0.39 is 0 Å². The van der Waals surface area contributed by atoms with Crippen molar-refractivity contribution in [1.29, 1.82) is 0 Å². The van der Waals surface area contributed by atoms with Gasteiger partial charge >= 0.3 is 0 Å². The first kappa shape index (κ1) is 66.8. The fourth-order valence-electron chi connectivity index (χ4n) is 13.2. The summed E-state index contributed by atoms with van der Waals surface area (Å²) in [6.07, 6.45) is 25.3. The molecule has 6 nitrogen and oxygen atoms in total. The molecule has 0 amide bonds. The third kappa shape index (κ3) is 17.9. The fraction of sp³-hybridized carbons (Fsp3) is 0.427. The zero-order valence-corrected chi connectivity index (χ0v) is 54.8. The van der Waals surface area contributed by atoms with Gasteiger partial charge in [-0.3, -0.25) is 9.80 Å². The Hall–Kier alpha value is -5.35. The van der Waals surface area contributed by atoms with Crippen molar-refractivity contribution >= 4 is 60.3 Å². The van der Waals surface area contributed by atoms with Gasteiger partial charge in [0.1, 0.15) is 0 Å². The number of nitrogens with two attached hydrogens (primary N) is 2. The SMILES string of the molecule is BrCBr.CCCCCCC1(CCCCCC)c2ccccc2-c2ccc(N(CN(C)CN(C)CN(c3ccccc3)c3ccccc3)c3ccccc3)cc21.CN.[CH2+]CCCCCC1(CCCCCC)c2ccccc2-c2ccc(N)cc21. The van der Waals surface area contributed by atoms with E-state index in [0.717, 1.165) is 36.4 Å². The van der Waals surface area contributed by atoms with Gasteiger partial charge in [-0.25, -0.2) is 0 Å². The van der Waals surface area contributed by atoms with Crippen LogP contribution in [0.4, 0.5) is 28.4 Å². The highest BCUT2D eigenvalue weighted by Crippen LogP contribution is 2.56. The van der Waals surface area contributed by atoms with Crippen LogP contribution >= 0.6 is 31.9 Å². The fourth-order valence-corrected chi connectivity index (χ4v) is 13.2. The van der Waals surface area contributed by atoms with Gasteiger partial charge in [0.15, 0.2) is 0 Å². The Morgan fingerprint density at radius 2 is 0.711 bits per heavy atom. The van der Waals surface area contributed by atoms with E-state index in [1.807, 2.05) is 0 Å². The highest BCUT2D eigenvalue weighted by molar-refractivity contribution is 9.24. The van der Waals surface area contributed by atoms with Crippen molar-refractivity contribution in [2.24, 2.45) is 5.73 Å². The zero-order valence-electron chi connectivity index (χ0n) is 51.6. The van der Waals surface area contributed by atoms with Crippen molar-refractivity contribution in [1.82, 2.24) is 9.80 Å². The van der Waals surface area contributed by atoms with Crippen LogP contribution in [-0.4, -0.2) is 55.2 Å². The summed E-state index contributed by atoms with van der Waals surface area (Å²) in [5.41, 5.74) is 28.6. The predicted molar refractivity (Wildman–Crippen MR) is 371 cm³/mol.